The van der Waals surface area contributed by atoms with Gasteiger partial charge < -0.3 is 49.8 Å². The van der Waals surface area contributed by atoms with Crippen molar-refractivity contribution < 1.29 is 46.0 Å². The largest absolute Gasteiger partial charge is 0.444 e. The van der Waals surface area contributed by atoms with Crippen LogP contribution in [-0.4, -0.2) is 203 Å². The number of Topliss-reactive ketones (excluding diaryl/α,β-unsaturated/α-hetero) is 1. The van der Waals surface area contributed by atoms with E-state index in [1.54, 1.807) is 14.7 Å². The van der Waals surface area contributed by atoms with E-state index in [2.05, 4.69) is 59.3 Å². The van der Waals surface area contributed by atoms with Crippen LogP contribution in [0.15, 0.2) is 15.3 Å². The molecule has 0 radical (unpaired) electrons. The van der Waals surface area contributed by atoms with Gasteiger partial charge in [0, 0.05) is 104 Å². The Balaban J connectivity index is 0.000000181. The molecule has 0 bridgehead atoms. The first-order valence-corrected chi connectivity index (χ1v) is 36.8. The van der Waals surface area contributed by atoms with Gasteiger partial charge >= 0.3 is 18.3 Å². The summed E-state index contributed by atoms with van der Waals surface area (Å²) >= 11 is 0. The third kappa shape index (κ3) is 25.4. The predicted molar refractivity (Wildman–Crippen MR) is 365 cm³/mol. The van der Waals surface area contributed by atoms with E-state index >= 15 is 0 Å². The number of piperidine rings is 6. The molecule has 534 valence electrons. The van der Waals surface area contributed by atoms with Crippen LogP contribution in [-0.2, 0) is 33.3 Å². The minimum Gasteiger partial charge on any atom is -0.444 e. The van der Waals surface area contributed by atoms with Gasteiger partial charge in [-0.3, -0.25) is 8.98 Å². The van der Waals surface area contributed by atoms with E-state index < -0.39 is 26.9 Å². The molecule has 17 atom stereocenters. The molecule has 6 heterocycles. The molecule has 1 unspecified atom stereocenters. The van der Waals surface area contributed by atoms with Crippen molar-refractivity contribution in [3.05, 3.63) is 31.3 Å². The van der Waals surface area contributed by atoms with Gasteiger partial charge in [0.1, 0.15) is 22.6 Å². The van der Waals surface area contributed by atoms with Gasteiger partial charge in [0.2, 0.25) is 0 Å². The zero-order valence-corrected chi connectivity index (χ0v) is 60.4. The molecule has 12 aliphatic rings. The Morgan fingerprint density at radius 3 is 1.26 bits per heavy atom. The van der Waals surface area contributed by atoms with E-state index in [-0.39, 0.29) is 54.9 Å². The number of ether oxygens (including phenoxy) is 3. The number of hydrogen-bond acceptors (Lipinski definition) is 17. The standard InChI is InChI=1S/C14H25NO5S.C13H22N4O2.C13H21NO3.C9H16N4.C9H18N2.C8H14N4.ClH/c1-14(2,3)19-13(16)15-6-5-10-7-12(8-11(10)9-15)20-21(4,17)18;1-13(2,3)19-12(18)17-5-4-9-6-11(15-16-14)7-10(9)8-17;1-13(2,3)17-12(16)14-5-4-9-6-11(15)7-10(9)8-14;1-13-3-2-7-4-9(11-12-10)5-8(7)6-13;1-11-3-2-7-4-9(10)5-8(7)6-11;9-12-11-8-3-6-1-2-10-5-7(6)4-8;/h10-12H,5-9H2,1-4H3;9-11H,4-8H2,1-3H3;9-10H,4-8H2,1-3H3;7-9H,2-6H2,1H3;7-9H,2-6,10H2,1H3;6-8,10H,1-5H2;1H/t10-,11-,12+;9-,10-,11-;9-,10-;7-,8-,9?;7-,8-,9-;6-,7-,8-;/m010111./s1. The summed E-state index contributed by atoms with van der Waals surface area (Å²) in [5, 5.41) is 14.8. The molecule has 26 nitrogen and oxygen atoms in total. The van der Waals surface area contributed by atoms with E-state index in [1.807, 2.05) is 62.3 Å². The molecular formula is C66H117ClN16O10S. The molecule has 6 saturated heterocycles. The molecule has 3 N–H and O–H groups in total. The molecule has 6 aliphatic heterocycles. The van der Waals surface area contributed by atoms with Crippen molar-refractivity contribution in [1.82, 2.24) is 29.8 Å². The van der Waals surface area contributed by atoms with Gasteiger partial charge in [-0.2, -0.15) is 8.42 Å². The number of fused-ring (bicyclic) bond motifs is 6. The van der Waals surface area contributed by atoms with Crippen LogP contribution in [0.1, 0.15) is 178 Å². The minimum atomic E-state index is -3.41. The van der Waals surface area contributed by atoms with E-state index in [0.29, 0.717) is 86.2 Å². The van der Waals surface area contributed by atoms with Crippen molar-refractivity contribution in [3.8, 4) is 0 Å². The third-order valence-corrected chi connectivity index (χ3v) is 21.9. The topological polar surface area (TPSA) is 340 Å². The van der Waals surface area contributed by atoms with Gasteiger partial charge in [-0.05, 0) is 293 Å². The van der Waals surface area contributed by atoms with Crippen LogP contribution in [0.2, 0.25) is 0 Å². The van der Waals surface area contributed by atoms with E-state index in [9.17, 15) is 27.6 Å². The molecule has 28 heteroatoms. The fourth-order valence-corrected chi connectivity index (χ4v) is 17.8. The Bertz CT molecular complexity index is 2740. The van der Waals surface area contributed by atoms with E-state index in [0.717, 1.165) is 139 Å². The van der Waals surface area contributed by atoms with Gasteiger partial charge in [0.05, 0.1) is 12.4 Å². The quantitative estimate of drug-likeness (QED) is 0.0850. The number of carbonyl (C=O) groups excluding carboxylic acids is 4. The van der Waals surface area contributed by atoms with E-state index in [1.165, 1.54) is 58.3 Å². The average Bonchev–Trinajstić information content (AvgIpc) is 1.69. The summed E-state index contributed by atoms with van der Waals surface area (Å²) in [6, 6.07) is 1.19. The highest BCUT2D eigenvalue weighted by Crippen LogP contribution is 2.44. The molecule has 6 saturated carbocycles. The van der Waals surface area contributed by atoms with Gasteiger partial charge in [-0.15, -0.1) is 12.4 Å². The summed E-state index contributed by atoms with van der Waals surface area (Å²) in [4.78, 5) is 66.2. The van der Waals surface area contributed by atoms with Crippen LogP contribution in [0.3, 0.4) is 0 Å². The Kier molecular flexibility index (Phi) is 29.4. The molecule has 12 fully saturated rings. The normalized spacial score (nSPS) is 34.1. The van der Waals surface area contributed by atoms with Crippen LogP contribution in [0.25, 0.3) is 31.3 Å². The Hall–Kier alpha value is -4.55. The molecule has 12 rings (SSSR count). The van der Waals surface area contributed by atoms with Crippen molar-refractivity contribution in [1.29, 1.82) is 0 Å². The van der Waals surface area contributed by atoms with Crippen LogP contribution >= 0.6 is 12.4 Å². The van der Waals surface area contributed by atoms with Crippen LogP contribution in [0, 0.1) is 71.0 Å². The number of amides is 3. The van der Waals surface area contributed by atoms with Gasteiger partial charge in [0.25, 0.3) is 10.1 Å². The Labute approximate surface area is 567 Å². The molecule has 3 amide bonds. The number of likely N-dealkylation sites (tertiary alicyclic amines) is 5. The highest BCUT2D eigenvalue weighted by molar-refractivity contribution is 7.86. The number of hydrogen-bond donors (Lipinski definition) is 2. The molecular weight excluding hydrogens is 1240 g/mol. The fourth-order valence-electron chi connectivity index (χ4n) is 17.1. The molecule has 94 heavy (non-hydrogen) atoms. The number of carbonyl (C=O) groups is 4. The second-order valence-corrected chi connectivity index (χ2v) is 34.0. The zero-order chi connectivity index (χ0) is 68.0. The van der Waals surface area contributed by atoms with Crippen LogP contribution in [0.4, 0.5) is 14.4 Å². The van der Waals surface area contributed by atoms with Crippen LogP contribution in [0.5, 0.6) is 0 Å². The maximum atomic E-state index is 12.1. The van der Waals surface area contributed by atoms with Gasteiger partial charge in [0.15, 0.2) is 0 Å². The van der Waals surface area contributed by atoms with E-state index in [4.69, 9.17) is 40.7 Å². The lowest BCUT2D eigenvalue weighted by atomic mass is 9.89. The minimum absolute atomic E-state index is 0. The number of nitrogens with two attached hydrogens (primary N) is 1. The summed E-state index contributed by atoms with van der Waals surface area (Å²) in [6.45, 7) is 28.3. The van der Waals surface area contributed by atoms with Crippen molar-refractivity contribution in [2.75, 3.05) is 98.9 Å². The highest BCUT2D eigenvalue weighted by atomic mass is 35.5. The van der Waals surface area contributed by atoms with Crippen molar-refractivity contribution in [2.24, 2.45) is 92.1 Å². The highest BCUT2D eigenvalue weighted by Gasteiger charge is 2.44. The summed E-state index contributed by atoms with van der Waals surface area (Å²) in [5.41, 5.74) is 29.7. The smallest absolute Gasteiger partial charge is 0.410 e. The first-order valence-electron chi connectivity index (χ1n) is 35.0. The molecule has 0 spiro atoms. The monoisotopic (exact) mass is 1360 g/mol. The number of ketones is 1. The number of nitrogens with zero attached hydrogens (tertiary/aromatic N) is 14. The van der Waals surface area contributed by atoms with Crippen molar-refractivity contribution >= 4 is 46.6 Å². The summed E-state index contributed by atoms with van der Waals surface area (Å²) in [7, 11) is 0.990. The van der Waals surface area contributed by atoms with Crippen molar-refractivity contribution in [3.63, 3.8) is 0 Å². The third-order valence-electron chi connectivity index (χ3n) is 21.3. The lowest BCUT2D eigenvalue weighted by molar-refractivity contribution is -0.117. The first-order chi connectivity index (χ1) is 43.7. The molecule has 0 aromatic heterocycles. The zero-order valence-electron chi connectivity index (χ0n) is 58.8. The summed E-state index contributed by atoms with van der Waals surface area (Å²) in [6.07, 6.45) is 18.5. The Morgan fingerprint density at radius 2 is 0.819 bits per heavy atom. The predicted octanol–water partition coefficient (Wildman–Crippen LogP) is 12.4. The van der Waals surface area contributed by atoms with Gasteiger partial charge in [-0.25, -0.2) is 14.4 Å². The average molecular weight is 1360 g/mol. The fraction of sp³-hybridized carbons (Fsp3) is 0.939. The number of halogens is 1. The van der Waals surface area contributed by atoms with Gasteiger partial charge in [-0.1, -0.05) is 15.3 Å². The molecule has 0 aromatic rings. The maximum Gasteiger partial charge on any atom is 0.410 e. The first kappa shape index (κ1) is 78.4. The van der Waals surface area contributed by atoms with Crippen molar-refractivity contribution in [2.45, 2.75) is 225 Å². The summed E-state index contributed by atoms with van der Waals surface area (Å²) in [5.74, 6) is 8.09. The second-order valence-electron chi connectivity index (χ2n) is 32.4. The summed E-state index contributed by atoms with van der Waals surface area (Å²) < 4.78 is 43.7. The maximum absolute atomic E-state index is 12.1. The molecule has 6 aliphatic carbocycles. The SMILES string of the molecule is CC(C)(C)OC(=O)N1CC[C@@H]2C[C@@H](N=[N+]=[N-])C[C@@H]2C1.CC(C)(C)OC(=O)N1CC[C@H]2CC(=O)C[C@H]2C1.CC(C)(C)OC(=O)N1CC[C@H]2C[C@@H](OS(C)(=O)=O)C[C@H]2C1.CN1CC[C@@H]2CC(N=[N+]=[N-])C[C@@H]2C1.CN1CC[C@@H]2C[C@@H](N)C[C@@H]2C1.Cl.[N-]=[N+]=N[C@@H]1C[C@H]2CCNC[C@H]2C1. The second kappa shape index (κ2) is 35.3. The number of azide groups is 3. The lowest BCUT2D eigenvalue weighted by Gasteiger charge is -2.35. The molecule has 0 aromatic carbocycles. The lowest BCUT2D eigenvalue weighted by Crippen LogP contribution is -2.44. The number of rotatable bonds is 5. The van der Waals surface area contributed by atoms with Crippen LogP contribution < -0.4 is 11.1 Å². The Morgan fingerprint density at radius 1 is 0.489 bits per heavy atom. The number of nitrogens with one attached hydrogen (secondary N) is 1.